The number of fused-ring (bicyclic) bond motifs is 1. The van der Waals surface area contributed by atoms with Gasteiger partial charge in [-0.2, -0.15) is 9.97 Å². The van der Waals surface area contributed by atoms with Gasteiger partial charge in [0.1, 0.15) is 25.0 Å². The van der Waals surface area contributed by atoms with Crippen LogP contribution >= 0.6 is 11.6 Å². The summed E-state index contributed by atoms with van der Waals surface area (Å²) < 4.78 is 19.7. The molecule has 1 aliphatic heterocycles. The zero-order valence-corrected chi connectivity index (χ0v) is 24.9. The molecular weight excluding hydrogens is 570 g/mol. The highest BCUT2D eigenvalue weighted by Gasteiger charge is 2.41. The molecule has 1 saturated heterocycles. The number of aryl methyl sites for hydroxylation is 2. The van der Waals surface area contributed by atoms with Gasteiger partial charge in [0.2, 0.25) is 5.28 Å². The lowest BCUT2D eigenvalue weighted by atomic mass is 9.95. The fraction of sp³-hybridized carbons (Fsp3) is 0.406. The van der Waals surface area contributed by atoms with E-state index in [9.17, 15) is 9.59 Å². The summed E-state index contributed by atoms with van der Waals surface area (Å²) in [5, 5.41) is 3.60. The van der Waals surface area contributed by atoms with Crippen LogP contribution in [0.2, 0.25) is 5.28 Å². The Balaban J connectivity index is 1.23. The van der Waals surface area contributed by atoms with E-state index in [1.807, 2.05) is 38.1 Å². The molecule has 0 unspecified atom stereocenters. The smallest absolute Gasteiger partial charge is 0.338 e. The Labute approximate surface area is 254 Å². The van der Waals surface area contributed by atoms with Crippen LogP contribution in [-0.4, -0.2) is 56.3 Å². The van der Waals surface area contributed by atoms with Crippen molar-refractivity contribution in [2.75, 3.05) is 11.9 Å². The molecule has 1 saturated carbocycles. The number of nitrogens with one attached hydrogen (secondary N) is 1. The third-order valence-electron chi connectivity index (χ3n) is 8.04. The number of aromatic nitrogens is 4. The molecule has 10 nitrogen and oxygen atoms in total. The Bertz CT molecular complexity index is 1600. The highest BCUT2D eigenvalue weighted by Crippen LogP contribution is 2.35. The van der Waals surface area contributed by atoms with Crippen molar-refractivity contribution in [1.29, 1.82) is 0 Å². The maximum atomic E-state index is 13.1. The van der Waals surface area contributed by atoms with Crippen LogP contribution in [0, 0.1) is 13.8 Å². The third kappa shape index (κ3) is 6.65. The van der Waals surface area contributed by atoms with Crippen molar-refractivity contribution in [2.45, 2.75) is 76.9 Å². The molecule has 3 heterocycles. The van der Waals surface area contributed by atoms with Crippen LogP contribution in [0.5, 0.6) is 0 Å². The number of imidazole rings is 1. The number of hydrogen-bond acceptors (Lipinski definition) is 9. The topological polar surface area (TPSA) is 117 Å². The van der Waals surface area contributed by atoms with Crippen LogP contribution in [0.1, 0.15) is 76.6 Å². The van der Waals surface area contributed by atoms with Gasteiger partial charge in [-0.05, 0) is 62.6 Å². The Morgan fingerprint density at radius 2 is 1.60 bits per heavy atom. The van der Waals surface area contributed by atoms with E-state index < -0.39 is 30.4 Å². The molecule has 224 valence electrons. The van der Waals surface area contributed by atoms with Crippen molar-refractivity contribution in [1.82, 2.24) is 19.5 Å². The minimum atomic E-state index is -0.719. The first kappa shape index (κ1) is 29.1. The molecule has 6 rings (SSSR count). The second kappa shape index (κ2) is 12.7. The highest BCUT2D eigenvalue weighted by atomic mass is 35.5. The number of esters is 2. The fourth-order valence-corrected chi connectivity index (χ4v) is 5.78. The van der Waals surface area contributed by atoms with E-state index in [4.69, 9.17) is 25.8 Å². The molecule has 4 aromatic rings. The Kier molecular flexibility index (Phi) is 8.58. The SMILES string of the molecule is Cc1ccc(C(=O)OC[C@H]2O[C@@H](n3cnc4c(NC5CCCCC5)nc(Cl)nc43)C[C@@H]2OC(=O)c2ccc(C)cc2)cc1. The van der Waals surface area contributed by atoms with Crippen LogP contribution in [0.4, 0.5) is 5.82 Å². The van der Waals surface area contributed by atoms with Crippen LogP contribution in [-0.2, 0) is 14.2 Å². The Morgan fingerprint density at radius 1 is 0.953 bits per heavy atom. The molecule has 2 aromatic heterocycles. The second-order valence-corrected chi connectivity index (χ2v) is 11.6. The fourth-order valence-electron chi connectivity index (χ4n) is 5.61. The van der Waals surface area contributed by atoms with Gasteiger partial charge >= 0.3 is 11.9 Å². The summed E-state index contributed by atoms with van der Waals surface area (Å²) >= 11 is 6.36. The van der Waals surface area contributed by atoms with Gasteiger partial charge in [0.05, 0.1) is 17.5 Å². The van der Waals surface area contributed by atoms with Gasteiger partial charge in [-0.3, -0.25) is 4.57 Å². The third-order valence-corrected chi connectivity index (χ3v) is 8.21. The largest absolute Gasteiger partial charge is 0.459 e. The van der Waals surface area contributed by atoms with Crippen LogP contribution in [0.3, 0.4) is 0 Å². The van der Waals surface area contributed by atoms with Crippen molar-refractivity contribution < 1.29 is 23.8 Å². The summed E-state index contributed by atoms with van der Waals surface area (Å²) in [6, 6.07) is 14.6. The minimum Gasteiger partial charge on any atom is -0.459 e. The van der Waals surface area contributed by atoms with Gasteiger partial charge in [0.25, 0.3) is 0 Å². The number of carbonyl (C=O) groups excluding carboxylic acids is 2. The lowest BCUT2D eigenvalue weighted by Gasteiger charge is -2.23. The van der Waals surface area contributed by atoms with E-state index in [1.54, 1.807) is 35.2 Å². The Hall–Kier alpha value is -4.02. The van der Waals surface area contributed by atoms with Gasteiger partial charge in [0.15, 0.2) is 17.0 Å². The monoisotopic (exact) mass is 603 g/mol. The lowest BCUT2D eigenvalue weighted by molar-refractivity contribution is -0.0563. The molecule has 3 atom stereocenters. The van der Waals surface area contributed by atoms with Crippen molar-refractivity contribution in [2.24, 2.45) is 0 Å². The number of hydrogen-bond donors (Lipinski definition) is 1. The molecule has 2 aromatic carbocycles. The minimum absolute atomic E-state index is 0.0940. The number of anilines is 1. The van der Waals surface area contributed by atoms with Crippen molar-refractivity contribution in [3.63, 3.8) is 0 Å². The predicted molar refractivity (Wildman–Crippen MR) is 161 cm³/mol. The first-order valence-corrected chi connectivity index (χ1v) is 15.1. The van der Waals surface area contributed by atoms with Crippen LogP contribution < -0.4 is 5.32 Å². The van der Waals surface area contributed by atoms with Gasteiger partial charge in [-0.15, -0.1) is 0 Å². The van der Waals surface area contributed by atoms with E-state index in [0.29, 0.717) is 40.6 Å². The van der Waals surface area contributed by atoms with E-state index in [2.05, 4.69) is 20.3 Å². The standard InChI is InChI=1S/C32H34ClN5O5/c1-19-8-12-21(13-9-19)30(39)41-17-25-24(43-31(40)22-14-10-20(2)11-15-22)16-26(42-25)38-18-34-27-28(36-32(33)37-29(27)38)35-23-6-4-3-5-7-23/h8-15,18,23-26H,3-7,16-17H2,1-2H3,(H,35,36,37)/t24-,25+,26+/m0/s1. The van der Waals surface area contributed by atoms with Gasteiger partial charge in [-0.25, -0.2) is 14.6 Å². The molecular formula is C32H34ClN5O5. The second-order valence-electron chi connectivity index (χ2n) is 11.3. The highest BCUT2D eigenvalue weighted by molar-refractivity contribution is 6.28. The molecule has 0 spiro atoms. The number of benzene rings is 2. The van der Waals surface area contributed by atoms with Crippen LogP contribution in [0.15, 0.2) is 54.9 Å². The summed E-state index contributed by atoms with van der Waals surface area (Å²) in [6.45, 7) is 3.79. The summed E-state index contributed by atoms with van der Waals surface area (Å²) in [7, 11) is 0. The number of halogens is 1. The normalized spacial score (nSPS) is 20.7. The Morgan fingerprint density at radius 3 is 2.28 bits per heavy atom. The molecule has 0 amide bonds. The maximum absolute atomic E-state index is 13.1. The van der Waals surface area contributed by atoms with Crippen molar-refractivity contribution in [3.8, 4) is 0 Å². The first-order chi connectivity index (χ1) is 20.8. The van der Waals surface area contributed by atoms with E-state index in [-0.39, 0.29) is 11.9 Å². The van der Waals surface area contributed by atoms with Crippen molar-refractivity contribution in [3.05, 3.63) is 82.4 Å². The van der Waals surface area contributed by atoms with Gasteiger partial charge in [-0.1, -0.05) is 54.7 Å². The number of carbonyl (C=O) groups is 2. The van der Waals surface area contributed by atoms with E-state index in [0.717, 1.165) is 24.0 Å². The molecule has 0 radical (unpaired) electrons. The van der Waals surface area contributed by atoms with E-state index in [1.165, 1.54) is 19.3 Å². The zero-order valence-electron chi connectivity index (χ0n) is 24.2. The average molecular weight is 604 g/mol. The molecule has 1 aliphatic carbocycles. The van der Waals surface area contributed by atoms with Gasteiger partial charge < -0.3 is 19.5 Å². The average Bonchev–Trinajstić information content (AvgIpc) is 3.61. The maximum Gasteiger partial charge on any atom is 0.338 e. The number of ether oxygens (including phenoxy) is 3. The summed E-state index contributed by atoms with van der Waals surface area (Å²) in [5.41, 5.74) is 4.01. The summed E-state index contributed by atoms with van der Waals surface area (Å²) in [5.74, 6) is -0.379. The molecule has 1 N–H and O–H groups in total. The predicted octanol–water partition coefficient (Wildman–Crippen LogP) is 6.21. The summed E-state index contributed by atoms with van der Waals surface area (Å²) in [4.78, 5) is 39.4. The van der Waals surface area contributed by atoms with Gasteiger partial charge in [0, 0.05) is 12.5 Å². The first-order valence-electron chi connectivity index (χ1n) is 14.7. The van der Waals surface area contributed by atoms with Crippen LogP contribution in [0.25, 0.3) is 11.2 Å². The molecule has 2 fully saturated rings. The molecule has 11 heteroatoms. The summed E-state index contributed by atoms with van der Waals surface area (Å²) in [6.07, 6.45) is 5.61. The molecule has 43 heavy (non-hydrogen) atoms. The van der Waals surface area contributed by atoms with Crippen molar-refractivity contribution >= 4 is 40.5 Å². The quantitative estimate of drug-likeness (QED) is 0.185. The molecule has 0 bridgehead atoms. The zero-order chi connectivity index (χ0) is 29.9. The lowest BCUT2D eigenvalue weighted by Crippen LogP contribution is -2.32. The van der Waals surface area contributed by atoms with E-state index >= 15 is 0 Å². The number of nitrogens with zero attached hydrogens (tertiary/aromatic N) is 4. The molecule has 2 aliphatic rings. The number of rotatable bonds is 8.